The molecule has 0 aromatic heterocycles. The summed E-state index contributed by atoms with van der Waals surface area (Å²) < 4.78 is 30.9. The highest BCUT2D eigenvalue weighted by Crippen LogP contribution is 2.29. The molecule has 0 saturated carbocycles. The second-order valence-electron chi connectivity index (χ2n) is 3.85. The first-order valence-electron chi connectivity index (χ1n) is 4.99. The highest BCUT2D eigenvalue weighted by molar-refractivity contribution is 7.86. The number of quaternary nitrogens is 1. The van der Waals surface area contributed by atoms with Crippen molar-refractivity contribution >= 4 is 50.6 Å². The number of carbonyl (C=O) groups is 1. The van der Waals surface area contributed by atoms with E-state index in [1.54, 1.807) is 0 Å². The van der Waals surface area contributed by atoms with Crippen LogP contribution in [0, 0.1) is 5.41 Å². The number of halogens is 2. The van der Waals surface area contributed by atoms with E-state index in [0.717, 1.165) is 6.07 Å². The molecule has 0 aliphatic carbocycles. The van der Waals surface area contributed by atoms with E-state index in [1.807, 2.05) is 0 Å². The van der Waals surface area contributed by atoms with Crippen molar-refractivity contribution in [2.75, 3.05) is 0 Å². The van der Waals surface area contributed by atoms with E-state index in [1.165, 1.54) is 18.3 Å². The maximum Gasteiger partial charge on any atom is 0.321 e. The summed E-state index contributed by atoms with van der Waals surface area (Å²) in [7, 11) is -4.47. The zero-order valence-corrected chi connectivity index (χ0v) is 12.1. The van der Waals surface area contributed by atoms with Crippen molar-refractivity contribution in [3.63, 3.8) is 0 Å². The van der Waals surface area contributed by atoms with Crippen molar-refractivity contribution < 1.29 is 23.1 Å². The molecule has 1 aromatic rings. The summed E-state index contributed by atoms with van der Waals surface area (Å²) in [6, 6.07) is 2.14. The predicted molar refractivity (Wildman–Crippen MR) is 70.9 cm³/mol. The van der Waals surface area contributed by atoms with Gasteiger partial charge in [0.25, 0.3) is 10.1 Å². The molecular weight excluding hydrogens is 315 g/mol. The Hall–Kier alpha value is -0.990. The van der Waals surface area contributed by atoms with Gasteiger partial charge in [0, 0.05) is 11.8 Å². The van der Waals surface area contributed by atoms with Crippen LogP contribution < -0.4 is 5.32 Å². The summed E-state index contributed by atoms with van der Waals surface area (Å²) in [6.07, 6.45) is -0.0615. The first-order valence-corrected chi connectivity index (χ1v) is 7.19. The Labute approximate surface area is 120 Å². The fourth-order valence-electron chi connectivity index (χ4n) is 1.34. The molecule has 9 heteroatoms. The summed E-state index contributed by atoms with van der Waals surface area (Å²) in [4.78, 5) is 11.0. The number of rotatable bonds is 4. The molecule has 1 rings (SSSR count). The highest BCUT2D eigenvalue weighted by Gasteiger charge is 2.20. The minimum Gasteiger partial charge on any atom is -0.309 e. The molecule has 19 heavy (non-hydrogen) atoms. The highest BCUT2D eigenvalue weighted by atomic mass is 35.5. The van der Waals surface area contributed by atoms with Gasteiger partial charge in [-0.05, 0) is 13.0 Å². The molecule has 0 heterocycles. The van der Waals surface area contributed by atoms with Gasteiger partial charge in [0.1, 0.15) is 16.3 Å². The molecule has 0 fully saturated rings. The first kappa shape index (κ1) is 16.1. The molecule has 6 nitrogen and oxygen atoms in total. The largest absolute Gasteiger partial charge is 0.321 e. The summed E-state index contributed by atoms with van der Waals surface area (Å²) in [5, 5.41) is 8.08. The van der Waals surface area contributed by atoms with E-state index in [-0.39, 0.29) is 33.8 Å². The third kappa shape index (κ3) is 4.55. The van der Waals surface area contributed by atoms with Gasteiger partial charge in [-0.25, -0.2) is 10.1 Å². The summed E-state index contributed by atoms with van der Waals surface area (Å²) >= 11 is 11.5. The van der Waals surface area contributed by atoms with Gasteiger partial charge in [0.2, 0.25) is 0 Å². The van der Waals surface area contributed by atoms with Gasteiger partial charge in [-0.2, -0.15) is 8.42 Å². The topological polar surface area (TPSA) is 112 Å². The summed E-state index contributed by atoms with van der Waals surface area (Å²) in [5.74, 6) is -0.356. The second kappa shape index (κ2) is 5.98. The van der Waals surface area contributed by atoms with Gasteiger partial charge in [-0.3, -0.25) is 4.55 Å². The van der Waals surface area contributed by atoms with Gasteiger partial charge in [-0.15, -0.1) is 0 Å². The third-order valence-electron chi connectivity index (χ3n) is 2.09. The maximum atomic E-state index is 11.5. The van der Waals surface area contributed by atoms with Crippen molar-refractivity contribution in [3.05, 3.63) is 22.2 Å². The van der Waals surface area contributed by atoms with Gasteiger partial charge in [-0.1, -0.05) is 23.2 Å². The van der Waals surface area contributed by atoms with Crippen LogP contribution in [0.4, 0.5) is 5.69 Å². The lowest BCUT2D eigenvalue weighted by molar-refractivity contribution is -0.482. The average molecular weight is 326 g/mol. The normalized spacial score (nSPS) is 11.4. The Morgan fingerprint density at radius 2 is 1.95 bits per heavy atom. The number of amides is 1. The third-order valence-corrected chi connectivity index (χ3v) is 3.73. The number of hydrogen-bond acceptors (Lipinski definition) is 4. The smallest absolute Gasteiger partial charge is 0.309 e. The zero-order chi connectivity index (χ0) is 14.8. The molecule has 0 aliphatic heterocycles. The quantitative estimate of drug-likeness (QED) is 0.441. The van der Waals surface area contributed by atoms with Crippen LogP contribution in [0.5, 0.6) is 0 Å². The number of carbonyl (C=O) groups excluding carboxylic acids is 1. The SMILES string of the molecule is CC(=N)CC(=O)[NH2+]c1cc(Cl)c(S(=O)(=O)O)cc1Cl. The van der Waals surface area contributed by atoms with Crippen molar-refractivity contribution in [1.29, 1.82) is 5.41 Å². The van der Waals surface area contributed by atoms with Gasteiger partial charge in [0.15, 0.2) is 5.69 Å². The van der Waals surface area contributed by atoms with Crippen LogP contribution >= 0.6 is 23.2 Å². The molecule has 4 N–H and O–H groups in total. The summed E-state index contributed by atoms with van der Waals surface area (Å²) in [6.45, 7) is 1.49. The van der Waals surface area contributed by atoms with Gasteiger partial charge >= 0.3 is 5.91 Å². The molecule has 0 saturated heterocycles. The van der Waals surface area contributed by atoms with Crippen LogP contribution in [0.1, 0.15) is 13.3 Å². The fourth-order valence-corrected chi connectivity index (χ4v) is 2.66. The van der Waals surface area contributed by atoms with Crippen molar-refractivity contribution in [1.82, 2.24) is 0 Å². The molecule has 1 aromatic carbocycles. The number of primary amides is 1. The van der Waals surface area contributed by atoms with Crippen LogP contribution in [0.25, 0.3) is 0 Å². The zero-order valence-electron chi connectivity index (χ0n) is 9.78. The Morgan fingerprint density at radius 1 is 1.37 bits per heavy atom. The summed E-state index contributed by atoms with van der Waals surface area (Å²) in [5.41, 5.74) is 0.420. The van der Waals surface area contributed by atoms with E-state index >= 15 is 0 Å². The number of benzene rings is 1. The molecule has 1 amide bonds. The lowest BCUT2D eigenvalue weighted by Gasteiger charge is -2.05. The fraction of sp³-hybridized carbons (Fsp3) is 0.200. The average Bonchev–Trinajstić information content (AvgIpc) is 2.19. The Morgan fingerprint density at radius 3 is 2.42 bits per heavy atom. The first-order chi connectivity index (χ1) is 8.61. The van der Waals surface area contributed by atoms with Crippen LogP contribution in [0.2, 0.25) is 10.0 Å². The van der Waals surface area contributed by atoms with Gasteiger partial charge < -0.3 is 5.41 Å². The minimum absolute atomic E-state index is 0.0343. The Balaban J connectivity index is 3.10. The van der Waals surface area contributed by atoms with E-state index in [9.17, 15) is 13.2 Å². The molecular formula is C10H11Cl2N2O4S+. The number of hydrogen-bond donors (Lipinski definition) is 3. The Bertz CT molecular complexity index is 643. The van der Waals surface area contributed by atoms with Crippen molar-refractivity contribution in [3.8, 4) is 0 Å². The molecule has 0 bridgehead atoms. The molecule has 0 aliphatic rings. The van der Waals surface area contributed by atoms with Gasteiger partial charge in [0.05, 0.1) is 5.02 Å². The molecule has 0 unspecified atom stereocenters. The molecule has 0 spiro atoms. The van der Waals surface area contributed by atoms with Crippen LogP contribution in [0.3, 0.4) is 0 Å². The number of nitrogens with two attached hydrogens (primary N) is 1. The van der Waals surface area contributed by atoms with Crippen molar-refractivity contribution in [2.45, 2.75) is 18.2 Å². The number of nitrogens with one attached hydrogen (secondary N) is 1. The van der Waals surface area contributed by atoms with E-state index in [4.69, 9.17) is 33.2 Å². The molecule has 0 radical (unpaired) electrons. The second-order valence-corrected chi connectivity index (χ2v) is 6.05. The van der Waals surface area contributed by atoms with Crippen LogP contribution in [-0.2, 0) is 14.9 Å². The Kier molecular flexibility index (Phi) is 5.05. The van der Waals surface area contributed by atoms with E-state index in [0.29, 0.717) is 0 Å². The molecule has 104 valence electrons. The maximum absolute atomic E-state index is 11.5. The van der Waals surface area contributed by atoms with E-state index in [2.05, 4.69) is 0 Å². The minimum atomic E-state index is -4.47. The van der Waals surface area contributed by atoms with E-state index < -0.39 is 15.0 Å². The predicted octanol–water partition coefficient (Wildman–Crippen LogP) is 1.39. The molecule has 0 atom stereocenters. The van der Waals surface area contributed by atoms with Crippen molar-refractivity contribution in [2.24, 2.45) is 0 Å². The van der Waals surface area contributed by atoms with Crippen LogP contribution in [0.15, 0.2) is 17.0 Å². The lowest BCUT2D eigenvalue weighted by Crippen LogP contribution is -2.82. The lowest BCUT2D eigenvalue weighted by atomic mass is 10.2. The van der Waals surface area contributed by atoms with Crippen LogP contribution in [-0.4, -0.2) is 24.6 Å². The monoisotopic (exact) mass is 325 g/mol. The standard InChI is InChI=1S/C10H10Cl2N2O4S/c1-5(13)2-10(15)14-8-3-7(12)9(4-6(8)11)19(16,17)18/h3-4,13H,2H2,1H3,(H,14,15)(H,16,17,18)/p+1.